The zero-order chi connectivity index (χ0) is 12.0. The van der Waals surface area contributed by atoms with E-state index in [1.807, 2.05) is 18.3 Å². The van der Waals surface area contributed by atoms with E-state index in [0.29, 0.717) is 0 Å². The summed E-state index contributed by atoms with van der Waals surface area (Å²) in [6.45, 7) is 9.20. The fourth-order valence-electron chi connectivity index (χ4n) is 1.62. The summed E-state index contributed by atoms with van der Waals surface area (Å²) in [6.07, 6.45) is 2.83. The molecule has 0 aliphatic rings. The fraction of sp³-hybridized carbons (Fsp3) is 0.615. The number of rotatable bonds is 6. The van der Waals surface area contributed by atoms with Crippen LogP contribution in [0.25, 0.3) is 0 Å². The highest BCUT2D eigenvalue weighted by molar-refractivity contribution is 5.03. The van der Waals surface area contributed by atoms with Crippen LogP contribution in [-0.2, 0) is 6.54 Å². The van der Waals surface area contributed by atoms with Crippen molar-refractivity contribution in [3.05, 3.63) is 30.1 Å². The van der Waals surface area contributed by atoms with Crippen molar-refractivity contribution in [3.63, 3.8) is 0 Å². The normalized spacial score (nSPS) is 15.1. The van der Waals surface area contributed by atoms with Crippen molar-refractivity contribution in [3.8, 4) is 0 Å². The van der Waals surface area contributed by atoms with Gasteiger partial charge in [-0.25, -0.2) is 0 Å². The van der Waals surface area contributed by atoms with Gasteiger partial charge in [0.15, 0.2) is 0 Å². The molecule has 1 aromatic heterocycles. The lowest BCUT2D eigenvalue weighted by Gasteiger charge is -2.30. The van der Waals surface area contributed by atoms with E-state index in [-0.39, 0.29) is 5.54 Å². The second-order valence-electron chi connectivity index (χ2n) is 4.63. The molecule has 0 saturated heterocycles. The average Bonchev–Trinajstić information content (AvgIpc) is 2.29. The van der Waals surface area contributed by atoms with Crippen LogP contribution in [0.5, 0.6) is 0 Å². The van der Waals surface area contributed by atoms with Gasteiger partial charge in [0, 0.05) is 24.8 Å². The number of nitrogens with zero attached hydrogens (tertiary/aromatic N) is 2. The van der Waals surface area contributed by atoms with Crippen molar-refractivity contribution >= 4 is 0 Å². The standard InChI is InChI=1S/C13H23N3/c1-4-13(3,14)11-16(5-2)10-12-8-6-7-9-15-12/h6-9H,4-5,10-11,14H2,1-3H3. The molecule has 0 aromatic carbocycles. The third-order valence-corrected chi connectivity index (χ3v) is 2.95. The molecule has 3 nitrogen and oxygen atoms in total. The van der Waals surface area contributed by atoms with Gasteiger partial charge in [0.25, 0.3) is 0 Å². The molecule has 0 aliphatic carbocycles. The van der Waals surface area contributed by atoms with E-state index in [2.05, 4.69) is 36.7 Å². The largest absolute Gasteiger partial charge is 0.324 e. The SMILES string of the molecule is CCN(Cc1ccccn1)CC(C)(N)CC. The first kappa shape index (κ1) is 13.1. The first-order valence-corrected chi connectivity index (χ1v) is 5.98. The Labute approximate surface area is 98.7 Å². The van der Waals surface area contributed by atoms with Gasteiger partial charge in [0.05, 0.1) is 5.69 Å². The molecular formula is C13H23N3. The fourth-order valence-corrected chi connectivity index (χ4v) is 1.62. The van der Waals surface area contributed by atoms with E-state index in [1.165, 1.54) is 0 Å². The van der Waals surface area contributed by atoms with E-state index in [1.54, 1.807) is 0 Å². The average molecular weight is 221 g/mol. The van der Waals surface area contributed by atoms with Crippen LogP contribution in [0, 0.1) is 0 Å². The molecule has 2 N–H and O–H groups in total. The molecule has 3 heteroatoms. The highest BCUT2D eigenvalue weighted by atomic mass is 15.1. The van der Waals surface area contributed by atoms with Crippen LogP contribution < -0.4 is 5.73 Å². The van der Waals surface area contributed by atoms with Crippen LogP contribution in [0.1, 0.15) is 32.9 Å². The molecular weight excluding hydrogens is 198 g/mol. The number of hydrogen-bond donors (Lipinski definition) is 1. The quantitative estimate of drug-likeness (QED) is 0.799. The predicted molar refractivity (Wildman–Crippen MR) is 68.1 cm³/mol. The van der Waals surface area contributed by atoms with Gasteiger partial charge < -0.3 is 5.73 Å². The highest BCUT2D eigenvalue weighted by Crippen LogP contribution is 2.10. The van der Waals surface area contributed by atoms with Crippen LogP contribution in [0.3, 0.4) is 0 Å². The van der Waals surface area contributed by atoms with Gasteiger partial charge in [-0.1, -0.05) is 19.9 Å². The van der Waals surface area contributed by atoms with Crippen molar-refractivity contribution in [2.75, 3.05) is 13.1 Å². The molecule has 0 saturated carbocycles. The van der Waals surface area contributed by atoms with E-state index in [0.717, 1.165) is 31.7 Å². The lowest BCUT2D eigenvalue weighted by Crippen LogP contribution is -2.47. The summed E-state index contributed by atoms with van der Waals surface area (Å²) in [5, 5.41) is 0. The second-order valence-corrected chi connectivity index (χ2v) is 4.63. The van der Waals surface area contributed by atoms with E-state index >= 15 is 0 Å². The Kier molecular flexibility index (Phi) is 4.90. The van der Waals surface area contributed by atoms with Gasteiger partial charge in [0.2, 0.25) is 0 Å². The molecule has 1 heterocycles. The summed E-state index contributed by atoms with van der Waals surface area (Å²) in [5.74, 6) is 0. The minimum absolute atomic E-state index is 0.106. The van der Waals surface area contributed by atoms with E-state index < -0.39 is 0 Å². The molecule has 0 radical (unpaired) electrons. The Hall–Kier alpha value is -0.930. The Morgan fingerprint density at radius 2 is 2.12 bits per heavy atom. The van der Waals surface area contributed by atoms with Gasteiger partial charge in [-0.15, -0.1) is 0 Å². The molecule has 1 unspecified atom stereocenters. The molecule has 1 atom stereocenters. The maximum atomic E-state index is 6.18. The first-order chi connectivity index (χ1) is 7.57. The maximum Gasteiger partial charge on any atom is 0.0543 e. The van der Waals surface area contributed by atoms with Gasteiger partial charge in [-0.3, -0.25) is 9.88 Å². The van der Waals surface area contributed by atoms with Crippen molar-refractivity contribution < 1.29 is 0 Å². The number of likely N-dealkylation sites (N-methyl/N-ethyl adjacent to an activating group) is 1. The summed E-state index contributed by atoms with van der Waals surface area (Å²) in [5.41, 5.74) is 7.19. The van der Waals surface area contributed by atoms with Crippen molar-refractivity contribution in [1.82, 2.24) is 9.88 Å². The highest BCUT2D eigenvalue weighted by Gasteiger charge is 2.19. The maximum absolute atomic E-state index is 6.18. The van der Waals surface area contributed by atoms with Crippen molar-refractivity contribution in [1.29, 1.82) is 0 Å². The minimum atomic E-state index is -0.106. The van der Waals surface area contributed by atoms with Gasteiger partial charge in [-0.05, 0) is 32.0 Å². The smallest absolute Gasteiger partial charge is 0.0543 e. The third kappa shape index (κ3) is 4.29. The first-order valence-electron chi connectivity index (χ1n) is 5.98. The summed E-state index contributed by atoms with van der Waals surface area (Å²) >= 11 is 0. The van der Waals surface area contributed by atoms with E-state index in [9.17, 15) is 0 Å². The molecule has 0 bridgehead atoms. The molecule has 1 rings (SSSR count). The molecule has 0 spiro atoms. The molecule has 1 aromatic rings. The number of pyridine rings is 1. The second kappa shape index (κ2) is 5.97. The summed E-state index contributed by atoms with van der Waals surface area (Å²) < 4.78 is 0. The zero-order valence-corrected chi connectivity index (χ0v) is 10.6. The Balaban J connectivity index is 2.56. The molecule has 90 valence electrons. The summed E-state index contributed by atoms with van der Waals surface area (Å²) in [7, 11) is 0. The lowest BCUT2D eigenvalue weighted by atomic mass is 10.00. The Bertz CT molecular complexity index is 295. The van der Waals surface area contributed by atoms with Crippen LogP contribution in [0.15, 0.2) is 24.4 Å². The summed E-state index contributed by atoms with van der Waals surface area (Å²) in [6, 6.07) is 6.03. The Morgan fingerprint density at radius 3 is 2.62 bits per heavy atom. The topological polar surface area (TPSA) is 42.2 Å². The minimum Gasteiger partial charge on any atom is -0.324 e. The molecule has 16 heavy (non-hydrogen) atoms. The van der Waals surface area contributed by atoms with Crippen LogP contribution in [0.4, 0.5) is 0 Å². The van der Waals surface area contributed by atoms with Gasteiger partial charge >= 0.3 is 0 Å². The van der Waals surface area contributed by atoms with Crippen LogP contribution >= 0.6 is 0 Å². The number of aromatic nitrogens is 1. The predicted octanol–water partition coefficient (Wildman–Crippen LogP) is 2.03. The molecule has 0 aliphatic heterocycles. The molecule has 0 amide bonds. The molecule has 0 fully saturated rings. The monoisotopic (exact) mass is 221 g/mol. The summed E-state index contributed by atoms with van der Waals surface area (Å²) in [4.78, 5) is 6.68. The van der Waals surface area contributed by atoms with Crippen LogP contribution in [-0.4, -0.2) is 28.5 Å². The zero-order valence-electron chi connectivity index (χ0n) is 10.6. The van der Waals surface area contributed by atoms with Gasteiger partial charge in [-0.2, -0.15) is 0 Å². The van der Waals surface area contributed by atoms with Gasteiger partial charge in [0.1, 0.15) is 0 Å². The van der Waals surface area contributed by atoms with E-state index in [4.69, 9.17) is 5.73 Å². The van der Waals surface area contributed by atoms with Crippen molar-refractivity contribution in [2.24, 2.45) is 5.73 Å². The number of nitrogens with two attached hydrogens (primary N) is 1. The van der Waals surface area contributed by atoms with Crippen molar-refractivity contribution in [2.45, 2.75) is 39.3 Å². The third-order valence-electron chi connectivity index (χ3n) is 2.95. The lowest BCUT2D eigenvalue weighted by molar-refractivity contribution is 0.213. The Morgan fingerprint density at radius 1 is 1.38 bits per heavy atom. The van der Waals surface area contributed by atoms with Crippen LogP contribution in [0.2, 0.25) is 0 Å². The number of hydrogen-bond acceptors (Lipinski definition) is 3.